The molecule has 1 aliphatic rings. The summed E-state index contributed by atoms with van der Waals surface area (Å²) < 4.78 is 0. The molecule has 17 heavy (non-hydrogen) atoms. The smallest absolute Gasteiger partial charge is 0.240 e. The van der Waals surface area contributed by atoms with Crippen LogP contribution in [0.3, 0.4) is 0 Å². The maximum atomic E-state index is 12.2. The van der Waals surface area contributed by atoms with E-state index in [1.165, 1.54) is 0 Å². The van der Waals surface area contributed by atoms with Gasteiger partial charge in [0.2, 0.25) is 5.91 Å². The normalized spacial score (nSPS) is 21.8. The van der Waals surface area contributed by atoms with Gasteiger partial charge >= 0.3 is 0 Å². The van der Waals surface area contributed by atoms with Crippen LogP contribution in [-0.2, 0) is 4.79 Å². The molecule has 0 radical (unpaired) electrons. The van der Waals surface area contributed by atoms with Gasteiger partial charge in [-0.3, -0.25) is 4.79 Å². The van der Waals surface area contributed by atoms with Gasteiger partial charge in [0.15, 0.2) is 0 Å². The minimum Gasteiger partial charge on any atom is -0.341 e. The number of carbonyl (C=O) groups excluding carboxylic acids is 1. The molecule has 0 aromatic heterocycles. The summed E-state index contributed by atoms with van der Waals surface area (Å²) in [6, 6.07) is 1.87. The van der Waals surface area contributed by atoms with Crippen LogP contribution in [0.25, 0.3) is 0 Å². The maximum absolute atomic E-state index is 12.2. The molecule has 96 valence electrons. The van der Waals surface area contributed by atoms with Crippen molar-refractivity contribution in [3.05, 3.63) is 0 Å². The molecule has 0 unspecified atom stereocenters. The number of piperidine rings is 1. The van der Waals surface area contributed by atoms with Gasteiger partial charge in [-0.15, -0.1) is 0 Å². The Morgan fingerprint density at radius 1 is 1.41 bits per heavy atom. The summed E-state index contributed by atoms with van der Waals surface area (Å²) in [7, 11) is 0. The molecule has 0 spiro atoms. The summed E-state index contributed by atoms with van der Waals surface area (Å²) >= 11 is 0. The Bertz CT molecular complexity index is 330. The first-order chi connectivity index (χ1) is 7.69. The summed E-state index contributed by atoms with van der Waals surface area (Å²) in [6.07, 6.45) is 1.48. The minimum atomic E-state index is -0.464. The highest BCUT2D eigenvalue weighted by molar-refractivity contribution is 5.82. The van der Waals surface area contributed by atoms with Crippen molar-refractivity contribution in [1.29, 1.82) is 5.26 Å². The number of likely N-dealkylation sites (tertiary alicyclic amines) is 1. The molecular weight excluding hydrogens is 214 g/mol. The molecule has 0 aromatic rings. The number of nitrogens with zero attached hydrogens (tertiary/aromatic N) is 2. The highest BCUT2D eigenvalue weighted by Gasteiger charge is 2.36. The van der Waals surface area contributed by atoms with Crippen molar-refractivity contribution in [3.63, 3.8) is 0 Å². The average molecular weight is 237 g/mol. The van der Waals surface area contributed by atoms with Gasteiger partial charge < -0.3 is 10.6 Å². The topological polar surface area (TPSA) is 70.1 Å². The lowest BCUT2D eigenvalue weighted by Crippen LogP contribution is -2.53. The molecule has 0 saturated carbocycles. The summed E-state index contributed by atoms with van der Waals surface area (Å²) in [5, 5.41) is 9.04. The Morgan fingerprint density at radius 2 is 1.88 bits per heavy atom. The van der Waals surface area contributed by atoms with E-state index in [0.29, 0.717) is 13.1 Å². The third kappa shape index (κ3) is 3.19. The first-order valence-electron chi connectivity index (χ1n) is 6.15. The van der Waals surface area contributed by atoms with E-state index in [0.717, 1.165) is 12.8 Å². The van der Waals surface area contributed by atoms with E-state index in [1.807, 2.05) is 27.7 Å². The standard InChI is InChI=1S/C13H23N3O/c1-12(2,3)10(15)11(17)16-7-5-13(4,9-14)6-8-16/h10H,5-8,15H2,1-4H3/t10-/m0/s1. The van der Waals surface area contributed by atoms with E-state index in [4.69, 9.17) is 11.0 Å². The minimum absolute atomic E-state index is 0.0116. The molecule has 0 aromatic carbocycles. The van der Waals surface area contributed by atoms with Crippen LogP contribution in [0.1, 0.15) is 40.5 Å². The fraction of sp³-hybridized carbons (Fsp3) is 0.846. The average Bonchev–Trinajstić information content (AvgIpc) is 2.27. The van der Waals surface area contributed by atoms with Gasteiger partial charge in [0.05, 0.1) is 17.5 Å². The molecular formula is C13H23N3O. The highest BCUT2D eigenvalue weighted by Crippen LogP contribution is 2.30. The zero-order valence-corrected chi connectivity index (χ0v) is 11.3. The Morgan fingerprint density at radius 3 is 2.24 bits per heavy atom. The van der Waals surface area contributed by atoms with Gasteiger partial charge in [0.25, 0.3) is 0 Å². The quantitative estimate of drug-likeness (QED) is 0.751. The number of rotatable bonds is 1. The predicted molar refractivity (Wildman–Crippen MR) is 67.0 cm³/mol. The van der Waals surface area contributed by atoms with Crippen molar-refractivity contribution in [2.24, 2.45) is 16.6 Å². The zero-order valence-electron chi connectivity index (χ0n) is 11.3. The van der Waals surface area contributed by atoms with Crippen LogP contribution < -0.4 is 5.73 Å². The maximum Gasteiger partial charge on any atom is 0.240 e. The SMILES string of the molecule is CC1(C#N)CCN(C(=O)[C@H](N)C(C)(C)C)CC1. The van der Waals surface area contributed by atoms with Gasteiger partial charge in [-0.2, -0.15) is 5.26 Å². The van der Waals surface area contributed by atoms with E-state index in [1.54, 1.807) is 4.90 Å². The molecule has 1 heterocycles. The lowest BCUT2D eigenvalue weighted by molar-refractivity contribution is -0.136. The van der Waals surface area contributed by atoms with Crippen LogP contribution >= 0.6 is 0 Å². The number of carbonyl (C=O) groups is 1. The molecule has 1 fully saturated rings. The van der Waals surface area contributed by atoms with Crippen LogP contribution in [0.4, 0.5) is 0 Å². The van der Waals surface area contributed by atoms with Gasteiger partial charge in [0.1, 0.15) is 0 Å². The largest absolute Gasteiger partial charge is 0.341 e. The van der Waals surface area contributed by atoms with Crippen molar-refractivity contribution in [2.75, 3.05) is 13.1 Å². The van der Waals surface area contributed by atoms with Gasteiger partial charge in [-0.05, 0) is 25.2 Å². The van der Waals surface area contributed by atoms with Crippen LogP contribution in [0.2, 0.25) is 0 Å². The van der Waals surface area contributed by atoms with Gasteiger partial charge in [-0.1, -0.05) is 20.8 Å². The number of hydrogen-bond acceptors (Lipinski definition) is 3. The first kappa shape index (κ1) is 14.0. The third-order valence-electron chi connectivity index (χ3n) is 3.65. The molecule has 2 N–H and O–H groups in total. The Labute approximate surface area is 104 Å². The number of nitriles is 1. The van der Waals surface area contributed by atoms with Crippen LogP contribution in [0, 0.1) is 22.2 Å². The van der Waals surface area contributed by atoms with Crippen molar-refractivity contribution in [3.8, 4) is 6.07 Å². The fourth-order valence-electron chi connectivity index (χ4n) is 1.90. The second-order valence-corrected chi connectivity index (χ2v) is 6.34. The predicted octanol–water partition coefficient (Wildman–Crippen LogP) is 1.51. The Balaban J connectivity index is 2.62. The Kier molecular flexibility index (Phi) is 3.83. The van der Waals surface area contributed by atoms with Crippen LogP contribution in [0.5, 0.6) is 0 Å². The number of hydrogen-bond donors (Lipinski definition) is 1. The van der Waals surface area contributed by atoms with Gasteiger partial charge in [-0.25, -0.2) is 0 Å². The molecule has 4 heteroatoms. The van der Waals surface area contributed by atoms with Gasteiger partial charge in [0, 0.05) is 13.1 Å². The Hall–Kier alpha value is -1.08. The molecule has 1 aliphatic heterocycles. The van der Waals surface area contributed by atoms with E-state index in [2.05, 4.69) is 6.07 Å². The first-order valence-corrected chi connectivity index (χ1v) is 6.15. The fourth-order valence-corrected chi connectivity index (χ4v) is 1.90. The number of amides is 1. The van der Waals surface area contributed by atoms with E-state index in [9.17, 15) is 4.79 Å². The molecule has 1 rings (SSSR count). The van der Waals surface area contributed by atoms with Crippen molar-refractivity contribution in [2.45, 2.75) is 46.6 Å². The molecule has 0 aliphatic carbocycles. The van der Waals surface area contributed by atoms with Crippen molar-refractivity contribution >= 4 is 5.91 Å². The second kappa shape index (κ2) is 4.66. The molecule has 1 saturated heterocycles. The van der Waals surface area contributed by atoms with E-state index < -0.39 is 6.04 Å². The zero-order chi connectivity index (χ0) is 13.3. The van der Waals surface area contributed by atoms with Crippen molar-refractivity contribution in [1.82, 2.24) is 4.90 Å². The van der Waals surface area contributed by atoms with Crippen molar-refractivity contribution < 1.29 is 4.79 Å². The third-order valence-corrected chi connectivity index (χ3v) is 3.65. The van der Waals surface area contributed by atoms with E-state index >= 15 is 0 Å². The highest BCUT2D eigenvalue weighted by atomic mass is 16.2. The molecule has 1 amide bonds. The summed E-state index contributed by atoms with van der Waals surface area (Å²) in [5.74, 6) is 0.0116. The summed E-state index contributed by atoms with van der Waals surface area (Å²) in [4.78, 5) is 14.0. The summed E-state index contributed by atoms with van der Waals surface area (Å²) in [5.41, 5.74) is 5.48. The molecule has 4 nitrogen and oxygen atoms in total. The number of nitrogens with two attached hydrogens (primary N) is 1. The molecule has 1 atom stereocenters. The van der Waals surface area contributed by atoms with Crippen LogP contribution in [0.15, 0.2) is 0 Å². The van der Waals surface area contributed by atoms with Crippen LogP contribution in [-0.4, -0.2) is 29.9 Å². The second-order valence-electron chi connectivity index (χ2n) is 6.34. The van der Waals surface area contributed by atoms with E-state index in [-0.39, 0.29) is 16.7 Å². The molecule has 0 bridgehead atoms. The monoisotopic (exact) mass is 237 g/mol. The summed E-state index contributed by atoms with van der Waals surface area (Å²) in [6.45, 7) is 9.16. The lowest BCUT2D eigenvalue weighted by atomic mass is 9.81. The lowest BCUT2D eigenvalue weighted by Gasteiger charge is -2.38.